The van der Waals surface area contributed by atoms with E-state index in [0.717, 1.165) is 17.1 Å². The molecule has 0 amide bonds. The summed E-state index contributed by atoms with van der Waals surface area (Å²) in [6, 6.07) is 0. The minimum atomic E-state index is 0.0676. The van der Waals surface area contributed by atoms with Crippen LogP contribution in [0.1, 0.15) is 46.5 Å². The van der Waals surface area contributed by atoms with Gasteiger partial charge in [-0.2, -0.15) is 0 Å². The van der Waals surface area contributed by atoms with Crippen molar-refractivity contribution in [1.82, 2.24) is 9.38 Å². The molecule has 2 aromatic heterocycles. The molecule has 0 atom stereocenters. The van der Waals surface area contributed by atoms with E-state index in [4.69, 9.17) is 0 Å². The molecular weight excluding hydrogens is 220 g/mol. The molecule has 0 spiro atoms. The van der Waals surface area contributed by atoms with Crippen LogP contribution in [0.4, 0.5) is 0 Å². The van der Waals surface area contributed by atoms with E-state index in [1.54, 1.807) is 18.3 Å². The second-order valence-electron chi connectivity index (χ2n) is 4.40. The van der Waals surface area contributed by atoms with E-state index >= 15 is 0 Å². The number of imidazole rings is 1. The van der Waals surface area contributed by atoms with Crippen molar-refractivity contribution in [2.45, 2.75) is 39.5 Å². The van der Waals surface area contributed by atoms with Gasteiger partial charge in [-0.3, -0.25) is 9.20 Å². The van der Waals surface area contributed by atoms with Gasteiger partial charge in [0, 0.05) is 17.5 Å². The Hall–Kier alpha value is -1.16. The fourth-order valence-electron chi connectivity index (χ4n) is 2.51. The lowest BCUT2D eigenvalue weighted by atomic mass is 10.0. The number of carbonyl (C=O) groups is 1. The van der Waals surface area contributed by atoms with Crippen LogP contribution in [0.25, 0.3) is 4.96 Å². The summed E-state index contributed by atoms with van der Waals surface area (Å²) in [7, 11) is 0. The smallest absolute Gasteiger partial charge is 0.195 e. The first-order valence-electron chi connectivity index (χ1n) is 5.69. The molecule has 1 aliphatic rings. The second kappa shape index (κ2) is 3.42. The van der Waals surface area contributed by atoms with Gasteiger partial charge in [0.1, 0.15) is 5.69 Å². The number of fused-ring (bicyclic) bond motifs is 3. The van der Waals surface area contributed by atoms with E-state index < -0.39 is 0 Å². The molecule has 0 unspecified atom stereocenters. The molecule has 4 heteroatoms. The quantitative estimate of drug-likeness (QED) is 0.711. The highest BCUT2D eigenvalue weighted by Gasteiger charge is 2.21. The van der Waals surface area contributed by atoms with Crippen molar-refractivity contribution in [3.8, 4) is 0 Å². The predicted octanol–water partition coefficient (Wildman–Crippen LogP) is 2.79. The van der Waals surface area contributed by atoms with Gasteiger partial charge in [0.05, 0.1) is 5.69 Å². The van der Waals surface area contributed by atoms with Crippen LogP contribution in [0, 0.1) is 6.92 Å². The third-order valence-corrected chi connectivity index (χ3v) is 4.43. The third kappa shape index (κ3) is 1.26. The molecule has 2 heterocycles. The van der Waals surface area contributed by atoms with Crippen LogP contribution in [0.15, 0.2) is 0 Å². The molecular formula is C12H14N2OS. The summed E-state index contributed by atoms with van der Waals surface area (Å²) in [6.07, 6.45) is 4.85. The lowest BCUT2D eigenvalue weighted by Gasteiger charge is -2.11. The Kier molecular flexibility index (Phi) is 2.14. The number of rotatable bonds is 1. The molecule has 0 N–H and O–H groups in total. The molecule has 0 saturated heterocycles. The molecule has 0 saturated carbocycles. The van der Waals surface area contributed by atoms with Crippen LogP contribution in [0.2, 0.25) is 0 Å². The van der Waals surface area contributed by atoms with E-state index in [1.165, 1.54) is 29.8 Å². The lowest BCUT2D eigenvalue weighted by molar-refractivity contribution is 0.101. The highest BCUT2D eigenvalue weighted by molar-refractivity contribution is 7.17. The molecule has 3 nitrogen and oxygen atoms in total. The number of hydrogen-bond acceptors (Lipinski definition) is 3. The van der Waals surface area contributed by atoms with Crippen LogP contribution in [0.3, 0.4) is 0 Å². The summed E-state index contributed by atoms with van der Waals surface area (Å²) in [5, 5.41) is 0. The summed E-state index contributed by atoms with van der Waals surface area (Å²) in [5.74, 6) is 0.0676. The zero-order chi connectivity index (χ0) is 11.3. The molecule has 3 rings (SSSR count). The largest absolute Gasteiger partial charge is 0.293 e. The Bertz CT molecular complexity index is 579. The first-order valence-corrected chi connectivity index (χ1v) is 6.50. The van der Waals surface area contributed by atoms with Gasteiger partial charge in [0.15, 0.2) is 10.7 Å². The highest BCUT2D eigenvalue weighted by atomic mass is 32.1. The van der Waals surface area contributed by atoms with Crippen LogP contribution in [-0.4, -0.2) is 15.2 Å². The van der Waals surface area contributed by atoms with Crippen molar-refractivity contribution < 1.29 is 4.79 Å². The third-order valence-electron chi connectivity index (χ3n) is 3.28. The van der Waals surface area contributed by atoms with Gasteiger partial charge in [0.25, 0.3) is 0 Å². The molecule has 0 radical (unpaired) electrons. The van der Waals surface area contributed by atoms with Crippen LogP contribution in [-0.2, 0) is 12.8 Å². The van der Waals surface area contributed by atoms with E-state index in [1.807, 2.05) is 6.92 Å². The number of aryl methyl sites for hydroxylation is 3. The van der Waals surface area contributed by atoms with Gasteiger partial charge in [-0.15, -0.1) is 11.3 Å². The van der Waals surface area contributed by atoms with E-state index in [-0.39, 0.29) is 5.78 Å². The minimum absolute atomic E-state index is 0.0676. The topological polar surface area (TPSA) is 34.4 Å². The van der Waals surface area contributed by atoms with Gasteiger partial charge in [-0.05, 0) is 32.6 Å². The molecule has 16 heavy (non-hydrogen) atoms. The zero-order valence-corrected chi connectivity index (χ0v) is 10.4. The van der Waals surface area contributed by atoms with Crippen LogP contribution in [0.5, 0.6) is 0 Å². The minimum Gasteiger partial charge on any atom is -0.293 e. The summed E-state index contributed by atoms with van der Waals surface area (Å²) >= 11 is 1.75. The van der Waals surface area contributed by atoms with Gasteiger partial charge < -0.3 is 0 Å². The van der Waals surface area contributed by atoms with Gasteiger partial charge >= 0.3 is 0 Å². The number of aromatic nitrogens is 2. The van der Waals surface area contributed by atoms with Gasteiger partial charge in [-0.1, -0.05) is 0 Å². The number of thiazole rings is 1. The Labute approximate surface area is 98.1 Å². The number of nitrogens with zero attached hydrogens (tertiary/aromatic N) is 2. The summed E-state index contributed by atoms with van der Waals surface area (Å²) in [4.78, 5) is 18.3. The molecule has 0 aliphatic heterocycles. The maximum Gasteiger partial charge on any atom is 0.195 e. The average Bonchev–Trinajstić information content (AvgIpc) is 2.75. The van der Waals surface area contributed by atoms with Crippen molar-refractivity contribution in [3.05, 3.63) is 22.0 Å². The van der Waals surface area contributed by atoms with Gasteiger partial charge in [0.2, 0.25) is 0 Å². The Morgan fingerprint density at radius 2 is 2.12 bits per heavy atom. The molecule has 84 valence electrons. The first kappa shape index (κ1) is 10.0. The Balaban J connectivity index is 2.30. The van der Waals surface area contributed by atoms with Crippen molar-refractivity contribution in [2.24, 2.45) is 0 Å². The number of carbonyl (C=O) groups excluding carboxylic acids is 1. The molecule has 0 aromatic carbocycles. The molecule has 0 bridgehead atoms. The van der Waals surface area contributed by atoms with Crippen molar-refractivity contribution >= 4 is 22.1 Å². The fourth-order valence-corrected chi connectivity index (χ4v) is 3.77. The maximum absolute atomic E-state index is 11.4. The first-order chi connectivity index (χ1) is 7.68. The van der Waals surface area contributed by atoms with Crippen LogP contribution < -0.4 is 0 Å². The zero-order valence-electron chi connectivity index (χ0n) is 9.54. The molecule has 1 aliphatic carbocycles. The molecule has 0 fully saturated rings. The Morgan fingerprint density at radius 3 is 2.88 bits per heavy atom. The number of ketones is 1. The van der Waals surface area contributed by atoms with Crippen molar-refractivity contribution in [3.63, 3.8) is 0 Å². The SMILES string of the molecule is CC(=O)c1nc2sc3c(n2c1C)CCCC3. The second-order valence-corrected chi connectivity index (χ2v) is 5.46. The number of hydrogen-bond donors (Lipinski definition) is 0. The van der Waals surface area contributed by atoms with Crippen LogP contribution >= 0.6 is 11.3 Å². The predicted molar refractivity (Wildman–Crippen MR) is 64.5 cm³/mol. The maximum atomic E-state index is 11.4. The summed E-state index contributed by atoms with van der Waals surface area (Å²) < 4.78 is 2.19. The lowest BCUT2D eigenvalue weighted by Crippen LogP contribution is -2.04. The summed E-state index contributed by atoms with van der Waals surface area (Å²) in [6.45, 7) is 3.59. The monoisotopic (exact) mass is 234 g/mol. The normalized spacial score (nSPS) is 15.4. The summed E-state index contributed by atoms with van der Waals surface area (Å²) in [5.41, 5.74) is 3.05. The van der Waals surface area contributed by atoms with E-state index in [2.05, 4.69) is 9.38 Å². The molecule has 2 aromatic rings. The standard InChI is InChI=1S/C12H14N2OS/c1-7-11(8(2)15)13-12-14(7)9-5-3-4-6-10(9)16-12/h3-6H2,1-2H3. The average molecular weight is 234 g/mol. The highest BCUT2D eigenvalue weighted by Crippen LogP contribution is 2.31. The van der Waals surface area contributed by atoms with E-state index in [9.17, 15) is 4.79 Å². The van der Waals surface area contributed by atoms with Gasteiger partial charge in [-0.25, -0.2) is 4.98 Å². The van der Waals surface area contributed by atoms with E-state index in [0.29, 0.717) is 5.69 Å². The fraction of sp³-hybridized carbons (Fsp3) is 0.500. The van der Waals surface area contributed by atoms with Crippen molar-refractivity contribution in [1.29, 1.82) is 0 Å². The number of Topliss-reactive ketones (excluding diaryl/α,β-unsaturated/α-hetero) is 1. The Morgan fingerprint density at radius 1 is 1.38 bits per heavy atom. The van der Waals surface area contributed by atoms with Crippen molar-refractivity contribution in [2.75, 3.05) is 0 Å².